The fourth-order valence-corrected chi connectivity index (χ4v) is 5.71. The minimum atomic E-state index is -3.56. The first-order chi connectivity index (χ1) is 14.9. The molecule has 1 saturated heterocycles. The van der Waals surface area contributed by atoms with Crippen LogP contribution in [0.25, 0.3) is 11.3 Å². The summed E-state index contributed by atoms with van der Waals surface area (Å²) in [6.07, 6.45) is 2.85. The number of aryl methyl sites for hydroxylation is 2. The van der Waals surface area contributed by atoms with Crippen LogP contribution >= 0.6 is 0 Å². The van der Waals surface area contributed by atoms with Crippen molar-refractivity contribution in [3.05, 3.63) is 81.6 Å². The van der Waals surface area contributed by atoms with E-state index in [0.717, 1.165) is 30.4 Å². The fourth-order valence-electron chi connectivity index (χ4n) is 3.95. The van der Waals surface area contributed by atoms with E-state index in [2.05, 4.69) is 5.10 Å². The van der Waals surface area contributed by atoms with Gasteiger partial charge in [-0.1, -0.05) is 42.8 Å². The van der Waals surface area contributed by atoms with Gasteiger partial charge >= 0.3 is 0 Å². The van der Waals surface area contributed by atoms with Crippen molar-refractivity contribution < 1.29 is 8.42 Å². The molecule has 0 amide bonds. The highest BCUT2D eigenvalue weighted by Crippen LogP contribution is 2.27. The predicted octanol–water partition coefficient (Wildman–Crippen LogP) is 3.75. The molecule has 4 rings (SSSR count). The minimum absolute atomic E-state index is 0.194. The summed E-state index contributed by atoms with van der Waals surface area (Å²) in [5.41, 5.74) is 3.88. The van der Waals surface area contributed by atoms with Gasteiger partial charge in [0.25, 0.3) is 5.56 Å². The maximum atomic E-state index is 13.2. The average molecular weight is 438 g/mol. The third-order valence-electron chi connectivity index (χ3n) is 5.86. The lowest BCUT2D eigenvalue weighted by atomic mass is 10.1. The van der Waals surface area contributed by atoms with Crippen molar-refractivity contribution in [2.75, 3.05) is 13.1 Å². The summed E-state index contributed by atoms with van der Waals surface area (Å²) in [5.74, 6) is 0. The van der Waals surface area contributed by atoms with Crippen LogP contribution in [0.2, 0.25) is 0 Å². The van der Waals surface area contributed by atoms with Gasteiger partial charge < -0.3 is 0 Å². The van der Waals surface area contributed by atoms with Gasteiger partial charge in [0, 0.05) is 24.7 Å². The van der Waals surface area contributed by atoms with Gasteiger partial charge in [0.1, 0.15) is 0 Å². The molecule has 0 bridgehead atoms. The van der Waals surface area contributed by atoms with Crippen LogP contribution in [0.15, 0.2) is 64.3 Å². The Bertz CT molecular complexity index is 1260. The van der Waals surface area contributed by atoms with Gasteiger partial charge in [0.15, 0.2) is 0 Å². The van der Waals surface area contributed by atoms with Crippen molar-refractivity contribution in [3.8, 4) is 11.3 Å². The molecule has 6 nitrogen and oxygen atoms in total. The maximum absolute atomic E-state index is 13.2. The minimum Gasteiger partial charge on any atom is -0.268 e. The highest BCUT2D eigenvalue weighted by molar-refractivity contribution is 7.89. The summed E-state index contributed by atoms with van der Waals surface area (Å²) in [4.78, 5) is 12.7. The number of aromatic nitrogens is 2. The number of hydrogen-bond acceptors (Lipinski definition) is 4. The van der Waals surface area contributed by atoms with E-state index in [1.807, 2.05) is 50.2 Å². The standard InChI is InChI=1S/C24H27N3O3S/c1-18-8-4-5-9-21(18)17-27-24(28)13-12-22(25-27)20-11-10-19(2)23(16-20)31(29,30)26-14-6-3-7-15-26/h4-5,8-13,16H,3,6-7,14-15,17H2,1-2H3. The number of nitrogens with zero attached hydrogens (tertiary/aromatic N) is 3. The molecule has 1 aliphatic rings. The van der Waals surface area contributed by atoms with Crippen LogP contribution in [0.1, 0.15) is 36.0 Å². The Hall–Kier alpha value is -2.77. The van der Waals surface area contributed by atoms with Crippen molar-refractivity contribution >= 4 is 10.0 Å². The van der Waals surface area contributed by atoms with E-state index in [4.69, 9.17) is 0 Å². The van der Waals surface area contributed by atoms with Crippen molar-refractivity contribution in [3.63, 3.8) is 0 Å². The monoisotopic (exact) mass is 437 g/mol. The third-order valence-corrected chi connectivity index (χ3v) is 7.91. The SMILES string of the molecule is Cc1ccccc1Cn1nc(-c2ccc(C)c(S(=O)(=O)N3CCCCC3)c2)ccc1=O. The van der Waals surface area contributed by atoms with Gasteiger partial charge in [-0.15, -0.1) is 0 Å². The van der Waals surface area contributed by atoms with Crippen molar-refractivity contribution in [1.82, 2.24) is 14.1 Å². The van der Waals surface area contributed by atoms with E-state index >= 15 is 0 Å². The smallest absolute Gasteiger partial charge is 0.267 e. The second-order valence-electron chi connectivity index (χ2n) is 8.09. The molecule has 0 N–H and O–H groups in total. The summed E-state index contributed by atoms with van der Waals surface area (Å²) in [6.45, 7) is 5.30. The number of hydrogen-bond donors (Lipinski definition) is 0. The van der Waals surface area contributed by atoms with Gasteiger partial charge in [-0.05, 0) is 55.5 Å². The molecule has 3 aromatic rings. The second-order valence-corrected chi connectivity index (χ2v) is 9.99. The van der Waals surface area contributed by atoms with Gasteiger partial charge in [0.05, 0.1) is 17.1 Å². The molecule has 0 atom stereocenters. The molecule has 7 heteroatoms. The van der Waals surface area contributed by atoms with Gasteiger partial charge in [0.2, 0.25) is 10.0 Å². The zero-order valence-corrected chi connectivity index (χ0v) is 18.7. The quantitative estimate of drug-likeness (QED) is 0.609. The van der Waals surface area contributed by atoms with E-state index in [0.29, 0.717) is 41.4 Å². The fraction of sp³-hybridized carbons (Fsp3) is 0.333. The Morgan fingerprint density at radius 3 is 2.39 bits per heavy atom. The van der Waals surface area contributed by atoms with Crippen LogP contribution in [0.4, 0.5) is 0 Å². The van der Waals surface area contributed by atoms with Crippen LogP contribution in [-0.2, 0) is 16.6 Å². The molecular weight excluding hydrogens is 410 g/mol. The summed E-state index contributed by atoms with van der Waals surface area (Å²) in [5, 5.41) is 4.54. The zero-order valence-electron chi connectivity index (χ0n) is 17.9. The normalized spacial score (nSPS) is 15.2. The predicted molar refractivity (Wildman–Crippen MR) is 122 cm³/mol. The zero-order chi connectivity index (χ0) is 22.0. The largest absolute Gasteiger partial charge is 0.268 e. The first kappa shape index (κ1) is 21.5. The number of piperidine rings is 1. The Morgan fingerprint density at radius 1 is 0.903 bits per heavy atom. The topological polar surface area (TPSA) is 72.3 Å². The molecule has 0 aliphatic carbocycles. The molecule has 0 radical (unpaired) electrons. The van der Waals surface area contributed by atoms with Crippen LogP contribution in [0, 0.1) is 13.8 Å². The summed E-state index contributed by atoms with van der Waals surface area (Å²) < 4.78 is 29.5. The summed E-state index contributed by atoms with van der Waals surface area (Å²) >= 11 is 0. The van der Waals surface area contributed by atoms with Crippen LogP contribution < -0.4 is 5.56 Å². The van der Waals surface area contributed by atoms with Gasteiger partial charge in [-0.3, -0.25) is 4.79 Å². The Balaban J connectivity index is 1.71. The number of rotatable bonds is 5. The molecule has 2 heterocycles. The van der Waals surface area contributed by atoms with Gasteiger partial charge in [-0.2, -0.15) is 9.40 Å². The van der Waals surface area contributed by atoms with E-state index in [-0.39, 0.29) is 5.56 Å². The van der Waals surface area contributed by atoms with E-state index in [1.54, 1.807) is 16.4 Å². The highest BCUT2D eigenvalue weighted by Gasteiger charge is 2.27. The van der Waals surface area contributed by atoms with E-state index in [9.17, 15) is 13.2 Å². The summed E-state index contributed by atoms with van der Waals surface area (Å²) in [6, 6.07) is 16.4. The van der Waals surface area contributed by atoms with E-state index < -0.39 is 10.0 Å². The van der Waals surface area contributed by atoms with E-state index in [1.165, 1.54) is 10.7 Å². The molecule has 2 aromatic carbocycles. The maximum Gasteiger partial charge on any atom is 0.267 e. The average Bonchev–Trinajstić information content (AvgIpc) is 2.77. The molecular formula is C24H27N3O3S. The molecule has 1 fully saturated rings. The first-order valence-corrected chi connectivity index (χ1v) is 12.0. The number of benzene rings is 2. The molecule has 0 saturated carbocycles. The number of sulfonamides is 1. The lowest BCUT2D eigenvalue weighted by Crippen LogP contribution is -2.36. The highest BCUT2D eigenvalue weighted by atomic mass is 32.2. The lowest BCUT2D eigenvalue weighted by Gasteiger charge is -2.26. The second kappa shape index (κ2) is 8.77. The van der Waals surface area contributed by atoms with Crippen molar-refractivity contribution in [2.45, 2.75) is 44.6 Å². The lowest BCUT2D eigenvalue weighted by molar-refractivity contribution is 0.346. The summed E-state index contributed by atoms with van der Waals surface area (Å²) in [7, 11) is -3.56. The van der Waals surface area contributed by atoms with Crippen LogP contribution in [-0.4, -0.2) is 35.6 Å². The molecule has 1 aliphatic heterocycles. The van der Waals surface area contributed by atoms with Gasteiger partial charge in [-0.25, -0.2) is 13.1 Å². The Kier molecular flexibility index (Phi) is 6.07. The van der Waals surface area contributed by atoms with Crippen molar-refractivity contribution in [2.24, 2.45) is 0 Å². The first-order valence-electron chi connectivity index (χ1n) is 10.6. The molecule has 162 valence electrons. The molecule has 0 unspecified atom stereocenters. The molecule has 0 spiro atoms. The van der Waals surface area contributed by atoms with Crippen molar-refractivity contribution in [1.29, 1.82) is 0 Å². The van der Waals surface area contributed by atoms with Crippen LogP contribution in [0.5, 0.6) is 0 Å². The Labute approximate surface area is 183 Å². The van der Waals surface area contributed by atoms with Crippen LogP contribution in [0.3, 0.4) is 0 Å². The third kappa shape index (κ3) is 4.48. The Morgan fingerprint density at radius 2 is 1.65 bits per heavy atom. The molecule has 31 heavy (non-hydrogen) atoms. The molecule has 1 aromatic heterocycles.